The van der Waals surface area contributed by atoms with Gasteiger partial charge in [-0.25, -0.2) is 0 Å². The number of hydrogen-bond acceptors (Lipinski definition) is 1. The zero-order valence-corrected chi connectivity index (χ0v) is 5.58. The van der Waals surface area contributed by atoms with Gasteiger partial charge in [-0.15, -0.1) is 0 Å². The van der Waals surface area contributed by atoms with Crippen molar-refractivity contribution in [1.29, 1.82) is 0 Å². The molecule has 0 atom stereocenters. The molecule has 0 N–H and O–H groups in total. The van der Waals surface area contributed by atoms with Crippen molar-refractivity contribution < 1.29 is 4.42 Å². The molecule has 1 heteroatoms. The van der Waals surface area contributed by atoms with Gasteiger partial charge in [-0.3, -0.25) is 0 Å². The average molecular weight is 132 g/mol. The summed E-state index contributed by atoms with van der Waals surface area (Å²) in [5.41, 5.74) is 1.27. The first-order valence-corrected chi connectivity index (χ1v) is 3.36. The predicted molar refractivity (Wildman–Crippen MR) is 40.4 cm³/mol. The minimum Gasteiger partial charge on any atom is -0.465 e. The molecule has 0 aliphatic heterocycles. The Morgan fingerprint density at radius 3 is 3.00 bits per heavy atom. The van der Waals surface area contributed by atoms with Crippen molar-refractivity contribution in [3.05, 3.63) is 42.4 Å². The van der Waals surface area contributed by atoms with E-state index < -0.39 is 0 Å². The normalized spacial score (nSPS) is 15.8. The van der Waals surface area contributed by atoms with Crippen molar-refractivity contribution in [1.82, 2.24) is 0 Å². The van der Waals surface area contributed by atoms with Gasteiger partial charge in [0.15, 0.2) is 0 Å². The Labute approximate surface area is 59.7 Å². The highest BCUT2D eigenvalue weighted by atomic mass is 16.3. The van der Waals surface area contributed by atoms with Crippen molar-refractivity contribution in [2.75, 3.05) is 0 Å². The first-order valence-electron chi connectivity index (χ1n) is 3.36. The molecule has 1 aliphatic rings. The van der Waals surface area contributed by atoms with Crippen molar-refractivity contribution in [2.45, 2.75) is 6.42 Å². The van der Waals surface area contributed by atoms with E-state index in [2.05, 4.69) is 18.2 Å². The summed E-state index contributed by atoms with van der Waals surface area (Å²) in [5, 5.41) is 0. The first-order chi connectivity index (χ1) is 4.97. The van der Waals surface area contributed by atoms with Crippen molar-refractivity contribution in [3.63, 3.8) is 0 Å². The van der Waals surface area contributed by atoms with Crippen LogP contribution in [0.1, 0.15) is 12.2 Å². The summed E-state index contributed by atoms with van der Waals surface area (Å²) in [4.78, 5) is 0. The van der Waals surface area contributed by atoms with Gasteiger partial charge in [-0.2, -0.15) is 0 Å². The Morgan fingerprint density at radius 1 is 1.40 bits per heavy atom. The molecule has 1 aliphatic carbocycles. The van der Waals surface area contributed by atoms with Crippen LogP contribution in [0.15, 0.2) is 41.0 Å². The molecule has 10 heavy (non-hydrogen) atoms. The van der Waals surface area contributed by atoms with Gasteiger partial charge in [0.1, 0.15) is 5.76 Å². The van der Waals surface area contributed by atoms with Crippen LogP contribution in [0.2, 0.25) is 0 Å². The molecule has 0 fully saturated rings. The van der Waals surface area contributed by atoms with Gasteiger partial charge in [-0.05, 0) is 24.1 Å². The fraction of sp³-hybridized carbons (Fsp3) is 0.111. The van der Waals surface area contributed by atoms with E-state index in [1.807, 2.05) is 12.1 Å². The third-order valence-corrected chi connectivity index (χ3v) is 1.61. The number of rotatable bonds is 1. The number of hydrogen-bond donors (Lipinski definition) is 0. The largest absolute Gasteiger partial charge is 0.465 e. The molecule has 1 heterocycles. The van der Waals surface area contributed by atoms with E-state index in [0.29, 0.717) is 0 Å². The third kappa shape index (κ3) is 0.798. The second-order valence-corrected chi connectivity index (χ2v) is 2.30. The fourth-order valence-corrected chi connectivity index (χ4v) is 1.09. The van der Waals surface area contributed by atoms with Gasteiger partial charge in [0.25, 0.3) is 0 Å². The summed E-state index contributed by atoms with van der Waals surface area (Å²) in [6.45, 7) is 0. The number of allylic oxidation sites excluding steroid dienone is 4. The lowest BCUT2D eigenvalue weighted by Crippen LogP contribution is -1.72. The Morgan fingerprint density at radius 2 is 2.40 bits per heavy atom. The van der Waals surface area contributed by atoms with Gasteiger partial charge in [0.05, 0.1) is 6.26 Å². The van der Waals surface area contributed by atoms with Crippen molar-refractivity contribution in [3.8, 4) is 0 Å². The van der Waals surface area contributed by atoms with Crippen LogP contribution < -0.4 is 0 Å². The highest BCUT2D eigenvalue weighted by Gasteiger charge is 2.03. The van der Waals surface area contributed by atoms with Crippen LogP contribution >= 0.6 is 0 Å². The van der Waals surface area contributed by atoms with Gasteiger partial charge in [0, 0.05) is 0 Å². The summed E-state index contributed by atoms with van der Waals surface area (Å²) in [6.07, 6.45) is 8.97. The van der Waals surface area contributed by atoms with Crippen LogP contribution in [-0.4, -0.2) is 0 Å². The summed E-state index contributed by atoms with van der Waals surface area (Å²) in [7, 11) is 0. The van der Waals surface area contributed by atoms with Crippen LogP contribution in [0.5, 0.6) is 0 Å². The van der Waals surface area contributed by atoms with Gasteiger partial charge >= 0.3 is 0 Å². The Hall–Kier alpha value is -1.24. The highest BCUT2D eigenvalue weighted by Crippen LogP contribution is 2.22. The van der Waals surface area contributed by atoms with Crippen LogP contribution in [-0.2, 0) is 0 Å². The SMILES string of the molecule is C1=CCC(c2ccco2)=C1. The second kappa shape index (κ2) is 2.18. The lowest BCUT2D eigenvalue weighted by atomic mass is 10.2. The highest BCUT2D eigenvalue weighted by molar-refractivity contribution is 5.67. The molecule has 0 bridgehead atoms. The van der Waals surface area contributed by atoms with E-state index in [1.165, 1.54) is 5.57 Å². The average Bonchev–Trinajstić information content (AvgIpc) is 2.59. The molecular weight excluding hydrogens is 124 g/mol. The molecule has 0 amide bonds. The molecule has 1 aromatic heterocycles. The van der Waals surface area contributed by atoms with Crippen molar-refractivity contribution in [2.24, 2.45) is 0 Å². The van der Waals surface area contributed by atoms with Gasteiger partial charge < -0.3 is 4.42 Å². The zero-order chi connectivity index (χ0) is 6.81. The summed E-state index contributed by atoms with van der Waals surface area (Å²) in [6, 6.07) is 3.90. The Balaban J connectivity index is 2.30. The molecule has 2 rings (SSSR count). The van der Waals surface area contributed by atoms with E-state index in [-0.39, 0.29) is 0 Å². The quantitative estimate of drug-likeness (QED) is 0.572. The smallest absolute Gasteiger partial charge is 0.130 e. The molecule has 1 aromatic rings. The molecule has 50 valence electrons. The van der Waals surface area contributed by atoms with E-state index in [9.17, 15) is 0 Å². The second-order valence-electron chi connectivity index (χ2n) is 2.30. The maximum atomic E-state index is 5.21. The molecule has 0 spiro atoms. The minimum atomic E-state index is 0.991. The summed E-state index contributed by atoms with van der Waals surface area (Å²) in [5.74, 6) is 0.991. The monoisotopic (exact) mass is 132 g/mol. The third-order valence-electron chi connectivity index (χ3n) is 1.61. The standard InChI is InChI=1S/C9H8O/c1-2-5-8(4-1)9-6-3-7-10-9/h1-4,6-7H,5H2. The molecule has 0 saturated carbocycles. The van der Waals surface area contributed by atoms with Crippen molar-refractivity contribution >= 4 is 5.57 Å². The zero-order valence-electron chi connectivity index (χ0n) is 5.58. The minimum absolute atomic E-state index is 0.991. The molecule has 1 nitrogen and oxygen atoms in total. The topological polar surface area (TPSA) is 13.1 Å². The Kier molecular flexibility index (Phi) is 1.21. The van der Waals surface area contributed by atoms with Gasteiger partial charge in [-0.1, -0.05) is 18.2 Å². The van der Waals surface area contributed by atoms with Crippen LogP contribution in [0.4, 0.5) is 0 Å². The molecular formula is C9H8O. The maximum Gasteiger partial charge on any atom is 0.130 e. The Bertz CT molecular complexity index is 265. The van der Waals surface area contributed by atoms with Gasteiger partial charge in [0.2, 0.25) is 0 Å². The molecule has 0 aromatic carbocycles. The maximum absolute atomic E-state index is 5.21. The fourth-order valence-electron chi connectivity index (χ4n) is 1.09. The van der Waals surface area contributed by atoms with Crippen LogP contribution in [0.3, 0.4) is 0 Å². The molecule has 0 unspecified atom stereocenters. The number of furan rings is 1. The van der Waals surface area contributed by atoms with E-state index in [0.717, 1.165) is 12.2 Å². The van der Waals surface area contributed by atoms with E-state index >= 15 is 0 Å². The van der Waals surface area contributed by atoms with E-state index in [1.54, 1.807) is 6.26 Å². The van der Waals surface area contributed by atoms with Crippen LogP contribution in [0, 0.1) is 0 Å². The lowest BCUT2D eigenvalue weighted by molar-refractivity contribution is 0.552. The lowest BCUT2D eigenvalue weighted by Gasteiger charge is -1.92. The molecule has 0 saturated heterocycles. The summed E-state index contributed by atoms with van der Waals surface area (Å²) < 4.78 is 5.21. The summed E-state index contributed by atoms with van der Waals surface area (Å²) >= 11 is 0. The molecule has 0 radical (unpaired) electrons. The predicted octanol–water partition coefficient (Wildman–Crippen LogP) is 2.62. The first kappa shape index (κ1) is 5.54. The van der Waals surface area contributed by atoms with Crippen LogP contribution in [0.25, 0.3) is 5.57 Å². The van der Waals surface area contributed by atoms with E-state index in [4.69, 9.17) is 4.42 Å².